The van der Waals surface area contributed by atoms with Crippen LogP contribution in [0.15, 0.2) is 0 Å². The molecule has 0 saturated carbocycles. The number of hydrogen-bond donors (Lipinski definition) is 1. The zero-order chi connectivity index (χ0) is 55.4. The molecule has 0 aromatic carbocycles. The van der Waals surface area contributed by atoms with E-state index in [0.717, 1.165) is 42.4 Å². The number of nitrogens with one attached hydrogen (secondary N) is 1. The molecule has 75 heavy (non-hydrogen) atoms. The molecular formula is C57H107N3O12S3. The summed E-state index contributed by atoms with van der Waals surface area (Å²) in [6, 6.07) is 0. The van der Waals surface area contributed by atoms with Crippen molar-refractivity contribution in [3.8, 4) is 0 Å². The van der Waals surface area contributed by atoms with Crippen molar-refractivity contribution in [1.82, 2.24) is 15.1 Å². The molecule has 0 bridgehead atoms. The highest BCUT2D eigenvalue weighted by Gasteiger charge is 2.19. The van der Waals surface area contributed by atoms with Crippen molar-refractivity contribution in [2.75, 3.05) is 127 Å². The van der Waals surface area contributed by atoms with Crippen LogP contribution in [0.3, 0.4) is 0 Å². The third-order valence-corrected chi connectivity index (χ3v) is 16.5. The van der Waals surface area contributed by atoms with Crippen molar-refractivity contribution in [3.63, 3.8) is 0 Å². The van der Waals surface area contributed by atoms with Crippen LogP contribution in [0.4, 0.5) is 0 Å². The Morgan fingerprint density at radius 2 is 0.653 bits per heavy atom. The lowest BCUT2D eigenvalue weighted by Crippen LogP contribution is -2.38. The number of ether oxygens (including phenoxy) is 6. The number of unbranched alkanes of at least 4 members (excludes halogenated alkanes) is 15. The quantitative estimate of drug-likeness (QED) is 0.0345. The Hall–Kier alpha value is -2.25. The van der Waals surface area contributed by atoms with Gasteiger partial charge in [0.1, 0.15) is 39.6 Å². The molecule has 0 spiro atoms. The highest BCUT2D eigenvalue weighted by Crippen LogP contribution is 2.17. The number of carbonyl (C=O) groups is 6. The first-order valence-corrected chi connectivity index (χ1v) is 32.7. The Balaban J connectivity index is 4.76. The molecule has 0 aromatic heterocycles. The predicted octanol–water partition coefficient (Wildman–Crippen LogP) is 10.8. The second-order valence-corrected chi connectivity index (χ2v) is 23.1. The van der Waals surface area contributed by atoms with Gasteiger partial charge in [-0.3, -0.25) is 28.8 Å². The molecule has 0 rings (SSSR count). The number of hydrogen-bond acceptors (Lipinski definition) is 18. The Morgan fingerprint density at radius 3 is 0.973 bits per heavy atom. The second-order valence-electron chi connectivity index (χ2n) is 19.7. The van der Waals surface area contributed by atoms with Gasteiger partial charge < -0.3 is 43.5 Å². The van der Waals surface area contributed by atoms with Gasteiger partial charge in [0.25, 0.3) is 0 Å². The summed E-state index contributed by atoms with van der Waals surface area (Å²) in [5.41, 5.74) is 0. The van der Waals surface area contributed by atoms with Gasteiger partial charge in [0, 0.05) is 63.1 Å². The molecule has 0 radical (unpaired) electrons. The third-order valence-electron chi connectivity index (χ3n) is 12.6. The summed E-state index contributed by atoms with van der Waals surface area (Å²) in [6.45, 7) is 18.7. The maximum atomic E-state index is 12.8. The van der Waals surface area contributed by atoms with Gasteiger partial charge in [0.2, 0.25) is 0 Å². The first kappa shape index (κ1) is 72.8. The van der Waals surface area contributed by atoms with E-state index < -0.39 is 11.9 Å². The largest absolute Gasteiger partial charge is 0.462 e. The zero-order valence-electron chi connectivity index (χ0n) is 48.2. The molecule has 0 aliphatic carbocycles. The maximum Gasteiger partial charge on any atom is 0.309 e. The topological polar surface area (TPSA) is 176 Å². The zero-order valence-corrected chi connectivity index (χ0v) is 50.7. The van der Waals surface area contributed by atoms with E-state index in [4.69, 9.17) is 28.4 Å². The average Bonchev–Trinajstić information content (AvgIpc) is 3.40. The number of nitrogens with zero attached hydrogens (tertiary/aromatic N) is 2. The summed E-state index contributed by atoms with van der Waals surface area (Å²) < 4.78 is 32.2. The number of esters is 6. The fourth-order valence-corrected chi connectivity index (χ4v) is 10.8. The third kappa shape index (κ3) is 47.5. The molecule has 0 amide bonds. The van der Waals surface area contributed by atoms with Gasteiger partial charge in [-0.25, -0.2) is 0 Å². The monoisotopic (exact) mass is 1120 g/mol. The van der Waals surface area contributed by atoms with Gasteiger partial charge in [0.05, 0.1) is 37.0 Å². The van der Waals surface area contributed by atoms with E-state index in [2.05, 4.69) is 31.0 Å². The van der Waals surface area contributed by atoms with Crippen LogP contribution in [-0.4, -0.2) is 172 Å². The van der Waals surface area contributed by atoms with E-state index in [1.165, 1.54) is 103 Å². The molecule has 1 N–H and O–H groups in total. The molecule has 0 aromatic rings. The number of likely N-dealkylation sites (N-methyl/N-ethyl adjacent to an activating group) is 1. The van der Waals surface area contributed by atoms with Crippen molar-refractivity contribution >= 4 is 71.1 Å². The average molecular weight is 1120 g/mol. The van der Waals surface area contributed by atoms with Crippen LogP contribution in [0.2, 0.25) is 0 Å². The van der Waals surface area contributed by atoms with Crippen LogP contribution in [0, 0.1) is 17.8 Å². The van der Waals surface area contributed by atoms with Crippen molar-refractivity contribution in [1.29, 1.82) is 0 Å². The first-order chi connectivity index (χ1) is 36.4. The lowest BCUT2D eigenvalue weighted by atomic mass is 10.1. The van der Waals surface area contributed by atoms with E-state index in [9.17, 15) is 28.8 Å². The SMILES string of the molecule is CCCCCCCCSCC(C)C(=O)OCCOC(=O)CCN(CC)CCNCCN(CCC(=O)OCCOC(=O)C(C)CSCCCCCCCC)CCC(=O)OCCOC(=O)C(C)CSCCCCCCCC. The van der Waals surface area contributed by atoms with E-state index in [1.807, 2.05) is 32.6 Å². The van der Waals surface area contributed by atoms with Gasteiger partial charge >= 0.3 is 35.8 Å². The van der Waals surface area contributed by atoms with Crippen molar-refractivity contribution in [2.45, 2.75) is 183 Å². The van der Waals surface area contributed by atoms with Gasteiger partial charge in [-0.05, 0) is 43.1 Å². The number of carbonyl (C=O) groups excluding carboxylic acids is 6. The van der Waals surface area contributed by atoms with Crippen LogP contribution < -0.4 is 5.32 Å². The maximum absolute atomic E-state index is 12.8. The minimum Gasteiger partial charge on any atom is -0.462 e. The molecule has 3 atom stereocenters. The Kier molecular flexibility index (Phi) is 52.1. The van der Waals surface area contributed by atoms with Crippen LogP contribution in [0.5, 0.6) is 0 Å². The molecule has 0 aliphatic rings. The Morgan fingerprint density at radius 1 is 0.373 bits per heavy atom. The van der Waals surface area contributed by atoms with Gasteiger partial charge in [-0.2, -0.15) is 35.3 Å². The predicted molar refractivity (Wildman–Crippen MR) is 311 cm³/mol. The smallest absolute Gasteiger partial charge is 0.309 e. The standard InChI is InChI=1S/C57H107N3O12S3/c1-8-12-15-18-21-24-43-73-46-49(5)55(64)70-40-37-67-52(61)27-32-59(11-4)35-30-58-31-36-60(33-28-53(62)68-38-41-71-56(65)50(6)47-74-44-25-22-19-16-13-9-2)34-29-54(63)69-39-42-72-57(66)51(7)48-75-45-26-23-20-17-14-10-3/h49-51,58H,8-48H2,1-7H3. The molecule has 0 heterocycles. The molecule has 0 saturated heterocycles. The summed E-state index contributed by atoms with van der Waals surface area (Å²) in [7, 11) is 0. The lowest BCUT2D eigenvalue weighted by molar-refractivity contribution is -0.154. The number of thioether (sulfide) groups is 3. The fraction of sp³-hybridized carbons (Fsp3) is 0.895. The highest BCUT2D eigenvalue weighted by molar-refractivity contribution is 7.99. The van der Waals surface area contributed by atoms with Crippen molar-refractivity contribution in [3.05, 3.63) is 0 Å². The van der Waals surface area contributed by atoms with Crippen LogP contribution >= 0.6 is 35.3 Å². The molecular weight excluding hydrogens is 1010 g/mol. The molecule has 440 valence electrons. The first-order valence-electron chi connectivity index (χ1n) is 29.2. The van der Waals surface area contributed by atoms with Gasteiger partial charge in [-0.15, -0.1) is 0 Å². The van der Waals surface area contributed by atoms with Gasteiger partial charge in [0.15, 0.2) is 0 Å². The molecule has 0 fully saturated rings. The Bertz CT molecular complexity index is 1360. The molecule has 15 nitrogen and oxygen atoms in total. The van der Waals surface area contributed by atoms with E-state index in [0.29, 0.717) is 57.3 Å². The highest BCUT2D eigenvalue weighted by atomic mass is 32.2. The van der Waals surface area contributed by atoms with Gasteiger partial charge in [-0.1, -0.05) is 145 Å². The Labute approximate surface area is 468 Å². The molecule has 18 heteroatoms. The normalized spacial score (nSPS) is 12.6. The second kappa shape index (κ2) is 53.7. The summed E-state index contributed by atoms with van der Waals surface area (Å²) >= 11 is 5.33. The van der Waals surface area contributed by atoms with Crippen molar-refractivity contribution in [2.24, 2.45) is 17.8 Å². The summed E-state index contributed by atoms with van der Waals surface area (Å²) in [5.74, 6) is 2.51. The fourth-order valence-electron chi connectivity index (χ4n) is 7.59. The van der Waals surface area contributed by atoms with Crippen LogP contribution in [-0.2, 0) is 57.2 Å². The molecule has 0 aliphatic heterocycles. The number of rotatable bonds is 55. The van der Waals surface area contributed by atoms with Crippen molar-refractivity contribution < 1.29 is 57.2 Å². The van der Waals surface area contributed by atoms with E-state index in [1.54, 1.807) is 35.3 Å². The minimum atomic E-state index is -0.428. The molecule has 3 unspecified atom stereocenters. The van der Waals surface area contributed by atoms with Crippen LogP contribution in [0.1, 0.15) is 183 Å². The minimum absolute atomic E-state index is 0.00562. The lowest BCUT2D eigenvalue weighted by Gasteiger charge is -2.23. The summed E-state index contributed by atoms with van der Waals surface area (Å²) in [6.07, 6.45) is 22.8. The summed E-state index contributed by atoms with van der Waals surface area (Å²) in [5, 5.41) is 3.43. The van der Waals surface area contributed by atoms with Crippen LogP contribution in [0.25, 0.3) is 0 Å². The van der Waals surface area contributed by atoms with E-state index in [-0.39, 0.29) is 101 Å². The summed E-state index contributed by atoms with van der Waals surface area (Å²) in [4.78, 5) is 79.5. The van der Waals surface area contributed by atoms with E-state index >= 15 is 0 Å².